The molecule has 190 valence electrons. The van der Waals surface area contributed by atoms with E-state index in [0.29, 0.717) is 35.3 Å². The fraction of sp³-hybridized carbons (Fsp3) is 0.786. The van der Waals surface area contributed by atoms with Crippen molar-refractivity contribution in [3.8, 4) is 17.2 Å². The standard InChI is InChI=1S/C28H42O6/c1-25(2)12-9-13-26(3)22(25)11-14-27(4)28(26,34-27)24(29)18-16-20(30-5)21(31-6)17-19(18)33-23-10-7-8-15-32-23/h16-17,22-24,29H,7-15H2,1-6H3/t22-,23?,24?,26-,27+,28-/m0/s1. The molecule has 1 aromatic rings. The van der Waals surface area contributed by atoms with Crippen LogP contribution in [0.2, 0.25) is 0 Å². The summed E-state index contributed by atoms with van der Waals surface area (Å²) in [6.45, 7) is 10.0. The Kier molecular flexibility index (Phi) is 5.89. The Labute approximate surface area is 204 Å². The number of fused-ring (bicyclic) bond motifs is 3. The van der Waals surface area contributed by atoms with Crippen LogP contribution in [0.25, 0.3) is 0 Å². The molecule has 1 aromatic carbocycles. The van der Waals surface area contributed by atoms with E-state index in [1.54, 1.807) is 14.2 Å². The summed E-state index contributed by atoms with van der Waals surface area (Å²) in [6.07, 6.45) is 7.30. The minimum Gasteiger partial charge on any atom is -0.493 e. The Morgan fingerprint density at radius 3 is 2.32 bits per heavy atom. The van der Waals surface area contributed by atoms with Gasteiger partial charge in [0, 0.05) is 23.5 Å². The minimum absolute atomic E-state index is 0.132. The van der Waals surface area contributed by atoms with E-state index in [1.165, 1.54) is 6.42 Å². The summed E-state index contributed by atoms with van der Waals surface area (Å²) in [5.74, 6) is 2.23. The highest BCUT2D eigenvalue weighted by atomic mass is 16.7. The molecule has 2 unspecified atom stereocenters. The van der Waals surface area contributed by atoms with Crippen LogP contribution >= 0.6 is 0 Å². The lowest BCUT2D eigenvalue weighted by molar-refractivity contribution is -0.118. The maximum atomic E-state index is 12.2. The number of aliphatic hydroxyl groups is 1. The van der Waals surface area contributed by atoms with Crippen LogP contribution in [-0.2, 0) is 9.47 Å². The first-order valence-corrected chi connectivity index (χ1v) is 13.0. The van der Waals surface area contributed by atoms with Crippen molar-refractivity contribution in [1.29, 1.82) is 0 Å². The zero-order chi connectivity index (χ0) is 24.4. The largest absolute Gasteiger partial charge is 0.493 e. The lowest BCUT2D eigenvalue weighted by Gasteiger charge is -2.57. The SMILES string of the molecule is COc1cc(OC2CCCCO2)c(C(O)[C@@]23O[C@]2(C)CC[C@H]2C(C)(C)CCC[C@@]23C)cc1OC. The predicted octanol–water partition coefficient (Wildman–Crippen LogP) is 5.80. The van der Waals surface area contributed by atoms with Gasteiger partial charge in [0.2, 0.25) is 0 Å². The summed E-state index contributed by atoms with van der Waals surface area (Å²) < 4.78 is 30.2. The van der Waals surface area contributed by atoms with E-state index in [4.69, 9.17) is 23.7 Å². The number of epoxide rings is 1. The van der Waals surface area contributed by atoms with Crippen LogP contribution < -0.4 is 14.2 Å². The molecule has 0 aromatic heterocycles. The molecule has 2 heterocycles. The third-order valence-electron chi connectivity index (χ3n) is 9.71. The van der Waals surface area contributed by atoms with E-state index in [1.807, 2.05) is 12.1 Å². The Morgan fingerprint density at radius 1 is 0.912 bits per heavy atom. The average molecular weight is 475 g/mol. The molecule has 4 aliphatic rings. The Balaban J connectivity index is 1.58. The van der Waals surface area contributed by atoms with Crippen molar-refractivity contribution < 1.29 is 28.8 Å². The normalized spacial score (nSPS) is 39.4. The number of hydrogen-bond acceptors (Lipinski definition) is 6. The van der Waals surface area contributed by atoms with E-state index < -0.39 is 11.7 Å². The molecule has 2 aliphatic carbocycles. The Bertz CT molecular complexity index is 924. The van der Waals surface area contributed by atoms with Gasteiger partial charge in [-0.05, 0) is 62.8 Å². The van der Waals surface area contributed by atoms with Gasteiger partial charge >= 0.3 is 0 Å². The maximum Gasteiger partial charge on any atom is 0.199 e. The molecule has 0 radical (unpaired) electrons. The molecule has 6 nitrogen and oxygen atoms in total. The zero-order valence-electron chi connectivity index (χ0n) is 21.7. The fourth-order valence-electron chi connectivity index (χ4n) is 8.00. The molecule has 2 saturated carbocycles. The van der Waals surface area contributed by atoms with E-state index in [2.05, 4.69) is 27.7 Å². The van der Waals surface area contributed by atoms with Crippen LogP contribution in [0.1, 0.15) is 90.7 Å². The first kappa shape index (κ1) is 24.2. The second kappa shape index (κ2) is 8.28. The highest BCUT2D eigenvalue weighted by Crippen LogP contribution is 2.76. The van der Waals surface area contributed by atoms with Crippen molar-refractivity contribution in [2.24, 2.45) is 16.7 Å². The molecule has 6 atom stereocenters. The van der Waals surface area contributed by atoms with E-state index in [0.717, 1.165) is 44.9 Å². The van der Waals surface area contributed by atoms with E-state index in [9.17, 15) is 5.11 Å². The molecule has 0 amide bonds. The van der Waals surface area contributed by atoms with Gasteiger partial charge in [-0.25, -0.2) is 0 Å². The van der Waals surface area contributed by atoms with Crippen molar-refractivity contribution >= 4 is 0 Å². The second-order valence-electron chi connectivity index (χ2n) is 12.0. The van der Waals surface area contributed by atoms with E-state index in [-0.39, 0.29) is 22.7 Å². The third kappa shape index (κ3) is 3.39. The van der Waals surface area contributed by atoms with Gasteiger partial charge in [0.15, 0.2) is 17.8 Å². The fourth-order valence-corrected chi connectivity index (χ4v) is 8.00. The quantitative estimate of drug-likeness (QED) is 0.526. The van der Waals surface area contributed by atoms with Crippen LogP contribution in [0.15, 0.2) is 12.1 Å². The van der Waals surface area contributed by atoms with Gasteiger partial charge in [-0.15, -0.1) is 0 Å². The van der Waals surface area contributed by atoms with Gasteiger partial charge < -0.3 is 28.8 Å². The van der Waals surface area contributed by atoms with Crippen LogP contribution in [-0.4, -0.2) is 43.4 Å². The van der Waals surface area contributed by atoms with Crippen molar-refractivity contribution in [3.05, 3.63) is 17.7 Å². The van der Waals surface area contributed by atoms with Gasteiger partial charge in [0.25, 0.3) is 0 Å². The molecule has 4 fully saturated rings. The molecule has 0 bridgehead atoms. The first-order valence-electron chi connectivity index (χ1n) is 13.0. The summed E-state index contributed by atoms with van der Waals surface area (Å²) in [5.41, 5.74) is -0.226. The highest BCUT2D eigenvalue weighted by molar-refractivity contribution is 5.53. The number of hydrogen-bond donors (Lipinski definition) is 1. The van der Waals surface area contributed by atoms with Crippen LogP contribution in [0.3, 0.4) is 0 Å². The van der Waals surface area contributed by atoms with Crippen molar-refractivity contribution in [2.75, 3.05) is 20.8 Å². The molecule has 6 heteroatoms. The number of methoxy groups -OCH3 is 2. The summed E-state index contributed by atoms with van der Waals surface area (Å²) in [4.78, 5) is 0. The van der Waals surface area contributed by atoms with Gasteiger partial charge in [0.1, 0.15) is 17.5 Å². The Morgan fingerprint density at radius 2 is 1.65 bits per heavy atom. The van der Waals surface area contributed by atoms with Gasteiger partial charge in [-0.2, -0.15) is 0 Å². The van der Waals surface area contributed by atoms with Gasteiger partial charge in [-0.3, -0.25) is 0 Å². The summed E-state index contributed by atoms with van der Waals surface area (Å²) in [7, 11) is 3.24. The van der Waals surface area contributed by atoms with Crippen LogP contribution in [0, 0.1) is 16.7 Å². The molecule has 2 saturated heterocycles. The number of aliphatic hydroxyl groups excluding tert-OH is 1. The topological polar surface area (TPSA) is 69.7 Å². The highest BCUT2D eigenvalue weighted by Gasteiger charge is 2.82. The first-order chi connectivity index (χ1) is 16.1. The van der Waals surface area contributed by atoms with Crippen molar-refractivity contribution in [1.82, 2.24) is 0 Å². The summed E-state index contributed by atoms with van der Waals surface area (Å²) in [5, 5.41) is 12.2. The number of rotatable bonds is 6. The van der Waals surface area contributed by atoms with Crippen LogP contribution in [0.5, 0.6) is 17.2 Å². The number of ether oxygens (including phenoxy) is 5. The molecular weight excluding hydrogens is 432 g/mol. The molecule has 1 N–H and O–H groups in total. The number of benzene rings is 1. The van der Waals surface area contributed by atoms with Crippen molar-refractivity contribution in [2.45, 2.75) is 103 Å². The van der Waals surface area contributed by atoms with Gasteiger partial charge in [-0.1, -0.05) is 27.2 Å². The lowest BCUT2D eigenvalue weighted by Crippen LogP contribution is -2.58. The molecule has 5 rings (SSSR count). The maximum absolute atomic E-state index is 12.2. The molecular formula is C28H42O6. The predicted molar refractivity (Wildman–Crippen MR) is 129 cm³/mol. The monoisotopic (exact) mass is 474 g/mol. The molecule has 2 aliphatic heterocycles. The molecule has 34 heavy (non-hydrogen) atoms. The molecule has 0 spiro atoms. The summed E-state index contributed by atoms with van der Waals surface area (Å²) in [6, 6.07) is 3.71. The zero-order valence-corrected chi connectivity index (χ0v) is 21.7. The van der Waals surface area contributed by atoms with Crippen LogP contribution in [0.4, 0.5) is 0 Å². The summed E-state index contributed by atoms with van der Waals surface area (Å²) >= 11 is 0. The third-order valence-corrected chi connectivity index (χ3v) is 9.71. The Hall–Kier alpha value is -1.50. The lowest BCUT2D eigenvalue weighted by atomic mass is 9.45. The van der Waals surface area contributed by atoms with E-state index >= 15 is 0 Å². The second-order valence-corrected chi connectivity index (χ2v) is 12.0. The van der Waals surface area contributed by atoms with Crippen molar-refractivity contribution in [3.63, 3.8) is 0 Å². The minimum atomic E-state index is -0.849. The average Bonchev–Trinajstić information content (AvgIpc) is 3.47. The van der Waals surface area contributed by atoms with Gasteiger partial charge in [0.05, 0.1) is 26.4 Å². The smallest absolute Gasteiger partial charge is 0.199 e.